The summed E-state index contributed by atoms with van der Waals surface area (Å²) in [5.74, 6) is 0.700. The topological polar surface area (TPSA) is 9.23 Å². The van der Waals surface area contributed by atoms with E-state index < -0.39 is 0 Å². The molecule has 0 aliphatic carbocycles. The van der Waals surface area contributed by atoms with Crippen LogP contribution >= 0.6 is 22.6 Å². The molecule has 0 heterocycles. The second-order valence-electron chi connectivity index (χ2n) is 5.46. The molecule has 0 aromatic heterocycles. The Kier molecular flexibility index (Phi) is 8.00. The smallest absolute Gasteiger partial charge is 0.0992 e. The maximum absolute atomic E-state index is 6.31. The number of unbranched alkanes of at least 4 members (excludes halogenated alkanes) is 1. The quantitative estimate of drug-likeness (QED) is 0.406. The summed E-state index contributed by atoms with van der Waals surface area (Å²) >= 11 is 2.43. The first-order valence-corrected chi connectivity index (χ1v) is 8.94. The minimum atomic E-state index is -0.151. The van der Waals surface area contributed by atoms with Crippen molar-refractivity contribution < 1.29 is 4.74 Å². The summed E-state index contributed by atoms with van der Waals surface area (Å²) in [7, 11) is 0. The first-order chi connectivity index (χ1) is 9.16. The van der Waals surface area contributed by atoms with Gasteiger partial charge in [0.15, 0.2) is 0 Å². The Hall–Kier alpha value is -0.0900. The van der Waals surface area contributed by atoms with E-state index in [-0.39, 0.29) is 5.60 Å². The molecule has 0 amide bonds. The molecule has 0 fully saturated rings. The van der Waals surface area contributed by atoms with Gasteiger partial charge in [-0.25, -0.2) is 0 Å². The van der Waals surface area contributed by atoms with Gasteiger partial charge in [-0.1, -0.05) is 86.0 Å². The molecule has 0 saturated heterocycles. The van der Waals surface area contributed by atoms with E-state index >= 15 is 0 Å². The van der Waals surface area contributed by atoms with Crippen LogP contribution in [0.25, 0.3) is 0 Å². The van der Waals surface area contributed by atoms with Crippen LogP contribution in [-0.4, -0.2) is 11.0 Å². The van der Waals surface area contributed by atoms with E-state index in [1.165, 1.54) is 31.2 Å². The summed E-state index contributed by atoms with van der Waals surface area (Å²) in [5, 5.41) is 0. The lowest BCUT2D eigenvalue weighted by Gasteiger charge is -2.30. The molecule has 0 bridgehead atoms. The summed E-state index contributed by atoms with van der Waals surface area (Å²) in [6.45, 7) is 7.62. The van der Waals surface area contributed by atoms with Crippen LogP contribution in [0.1, 0.15) is 52.0 Å². The first-order valence-electron chi connectivity index (χ1n) is 7.41. The number of hydrogen-bond donors (Lipinski definition) is 0. The van der Waals surface area contributed by atoms with Crippen molar-refractivity contribution in [1.82, 2.24) is 0 Å². The fourth-order valence-corrected chi connectivity index (χ4v) is 2.85. The van der Waals surface area contributed by atoms with E-state index in [2.05, 4.69) is 73.7 Å². The zero-order valence-electron chi connectivity index (χ0n) is 12.5. The zero-order valence-corrected chi connectivity index (χ0v) is 14.7. The molecular formula is C17H27IO. The predicted molar refractivity (Wildman–Crippen MR) is 91.9 cm³/mol. The monoisotopic (exact) mass is 374 g/mol. The standard InChI is InChI=1S/C17H27IO/c1-4-6-10-15(5-2)13-19-17(3,14-18)16-11-8-7-9-12-16/h7-9,11-12,15H,4-6,10,13-14H2,1-3H3. The Bertz CT molecular complexity index is 338. The van der Waals surface area contributed by atoms with Gasteiger partial charge in [-0.05, 0) is 24.8 Å². The van der Waals surface area contributed by atoms with Crippen molar-refractivity contribution in [2.75, 3.05) is 11.0 Å². The maximum atomic E-state index is 6.31. The minimum Gasteiger partial charge on any atom is -0.369 e. The highest BCUT2D eigenvalue weighted by Gasteiger charge is 2.26. The molecule has 0 N–H and O–H groups in total. The number of halogens is 1. The number of hydrogen-bond acceptors (Lipinski definition) is 1. The van der Waals surface area contributed by atoms with Crippen LogP contribution in [0.2, 0.25) is 0 Å². The molecule has 108 valence electrons. The van der Waals surface area contributed by atoms with Gasteiger partial charge in [-0.15, -0.1) is 0 Å². The Balaban J connectivity index is 2.61. The van der Waals surface area contributed by atoms with Crippen LogP contribution in [0.15, 0.2) is 30.3 Å². The van der Waals surface area contributed by atoms with Gasteiger partial charge in [-0.2, -0.15) is 0 Å². The summed E-state index contributed by atoms with van der Waals surface area (Å²) in [6.07, 6.45) is 5.10. The Morgan fingerprint density at radius 3 is 2.42 bits per heavy atom. The van der Waals surface area contributed by atoms with E-state index in [9.17, 15) is 0 Å². The highest BCUT2D eigenvalue weighted by atomic mass is 127. The summed E-state index contributed by atoms with van der Waals surface area (Å²) in [4.78, 5) is 0. The zero-order chi connectivity index (χ0) is 14.1. The van der Waals surface area contributed by atoms with Crippen molar-refractivity contribution >= 4 is 22.6 Å². The van der Waals surface area contributed by atoms with Gasteiger partial charge in [0.1, 0.15) is 0 Å². The molecule has 1 rings (SSSR count). The van der Waals surface area contributed by atoms with Crippen LogP contribution in [0.5, 0.6) is 0 Å². The largest absolute Gasteiger partial charge is 0.369 e. The molecule has 0 spiro atoms. The van der Waals surface area contributed by atoms with Crippen molar-refractivity contribution in [3.05, 3.63) is 35.9 Å². The van der Waals surface area contributed by atoms with Crippen LogP contribution < -0.4 is 0 Å². The molecule has 19 heavy (non-hydrogen) atoms. The molecule has 1 aromatic rings. The van der Waals surface area contributed by atoms with Gasteiger partial charge < -0.3 is 4.74 Å². The first kappa shape index (κ1) is 17.0. The minimum absolute atomic E-state index is 0.151. The summed E-state index contributed by atoms with van der Waals surface area (Å²) in [5.41, 5.74) is 1.14. The SMILES string of the molecule is CCCCC(CC)COC(C)(CI)c1ccccc1. The van der Waals surface area contributed by atoms with Crippen molar-refractivity contribution in [2.45, 2.75) is 52.1 Å². The van der Waals surface area contributed by atoms with Gasteiger partial charge >= 0.3 is 0 Å². The second-order valence-corrected chi connectivity index (χ2v) is 6.22. The molecule has 0 saturated carbocycles. The molecule has 0 aliphatic heterocycles. The van der Waals surface area contributed by atoms with Gasteiger partial charge in [0, 0.05) is 4.43 Å². The Labute approximate surface area is 132 Å². The lowest BCUT2D eigenvalue weighted by Crippen LogP contribution is -2.30. The number of alkyl halides is 1. The fraction of sp³-hybridized carbons (Fsp3) is 0.647. The highest BCUT2D eigenvalue weighted by molar-refractivity contribution is 14.1. The van der Waals surface area contributed by atoms with E-state index in [0.29, 0.717) is 5.92 Å². The molecule has 1 nitrogen and oxygen atoms in total. The van der Waals surface area contributed by atoms with E-state index in [1.807, 2.05) is 0 Å². The normalized spacial score (nSPS) is 16.0. The van der Waals surface area contributed by atoms with Gasteiger partial charge in [-0.3, -0.25) is 0 Å². The Morgan fingerprint density at radius 2 is 1.89 bits per heavy atom. The van der Waals surface area contributed by atoms with Crippen LogP contribution in [-0.2, 0) is 10.3 Å². The maximum Gasteiger partial charge on any atom is 0.0992 e. The van der Waals surface area contributed by atoms with Gasteiger partial charge in [0.25, 0.3) is 0 Å². The van der Waals surface area contributed by atoms with Crippen molar-refractivity contribution in [2.24, 2.45) is 5.92 Å². The van der Waals surface area contributed by atoms with E-state index in [4.69, 9.17) is 4.74 Å². The van der Waals surface area contributed by atoms with Gasteiger partial charge in [0.2, 0.25) is 0 Å². The van der Waals surface area contributed by atoms with Gasteiger partial charge in [0.05, 0.1) is 12.2 Å². The third-order valence-corrected chi connectivity index (χ3v) is 5.28. The average molecular weight is 374 g/mol. The second kappa shape index (κ2) is 8.96. The summed E-state index contributed by atoms with van der Waals surface area (Å²) < 4.78 is 7.29. The van der Waals surface area contributed by atoms with Crippen molar-refractivity contribution in [3.8, 4) is 0 Å². The highest BCUT2D eigenvalue weighted by Crippen LogP contribution is 2.29. The molecule has 2 atom stereocenters. The van der Waals surface area contributed by atoms with Crippen LogP contribution in [0.4, 0.5) is 0 Å². The molecule has 1 aromatic carbocycles. The molecular weight excluding hydrogens is 347 g/mol. The molecule has 0 radical (unpaired) electrons. The van der Waals surface area contributed by atoms with Crippen LogP contribution in [0.3, 0.4) is 0 Å². The fourth-order valence-electron chi connectivity index (χ4n) is 2.19. The number of rotatable bonds is 9. The van der Waals surface area contributed by atoms with E-state index in [0.717, 1.165) is 11.0 Å². The average Bonchev–Trinajstić information content (AvgIpc) is 2.48. The van der Waals surface area contributed by atoms with Crippen LogP contribution in [0, 0.1) is 5.92 Å². The molecule has 0 aliphatic rings. The molecule has 2 heteroatoms. The van der Waals surface area contributed by atoms with Crippen molar-refractivity contribution in [1.29, 1.82) is 0 Å². The number of benzene rings is 1. The van der Waals surface area contributed by atoms with E-state index in [1.54, 1.807) is 0 Å². The third-order valence-electron chi connectivity index (χ3n) is 3.82. The lowest BCUT2D eigenvalue weighted by atomic mass is 9.96. The number of ether oxygens (including phenoxy) is 1. The molecule has 2 unspecified atom stereocenters. The third kappa shape index (κ3) is 5.42. The lowest BCUT2D eigenvalue weighted by molar-refractivity contribution is -0.0360. The summed E-state index contributed by atoms with van der Waals surface area (Å²) in [6, 6.07) is 10.6. The van der Waals surface area contributed by atoms with Crippen molar-refractivity contribution in [3.63, 3.8) is 0 Å². The Morgan fingerprint density at radius 1 is 1.21 bits per heavy atom. The predicted octanol–water partition coefficient (Wildman–Crippen LogP) is 5.57.